The van der Waals surface area contributed by atoms with Gasteiger partial charge in [0.1, 0.15) is 17.4 Å². The minimum absolute atomic E-state index is 0.0372. The molecule has 1 aromatic heterocycles. The number of ether oxygens (including phenoxy) is 1. The van der Waals surface area contributed by atoms with Crippen LogP contribution in [0.4, 0.5) is 10.5 Å². The summed E-state index contributed by atoms with van der Waals surface area (Å²) in [4.78, 5) is 14.8. The van der Waals surface area contributed by atoms with Crippen LogP contribution in [0.3, 0.4) is 0 Å². The fraction of sp³-hybridized carbons (Fsp3) is 0.609. The van der Waals surface area contributed by atoms with Crippen molar-refractivity contribution in [2.45, 2.75) is 65.3 Å². The summed E-state index contributed by atoms with van der Waals surface area (Å²) >= 11 is 0. The lowest BCUT2D eigenvalue weighted by molar-refractivity contribution is 0.105. The molecule has 0 saturated carbocycles. The number of fused-ring (bicyclic) bond motifs is 1. The van der Waals surface area contributed by atoms with Crippen LogP contribution in [0.15, 0.2) is 24.3 Å². The third-order valence-corrected chi connectivity index (χ3v) is 6.66. The van der Waals surface area contributed by atoms with Crippen molar-refractivity contribution in [3.05, 3.63) is 35.9 Å². The molecule has 2 amide bonds. The van der Waals surface area contributed by atoms with E-state index in [0.717, 1.165) is 74.8 Å². The molecule has 0 bridgehead atoms. The van der Waals surface area contributed by atoms with Gasteiger partial charge in [-0.15, -0.1) is 10.2 Å². The largest absolute Gasteiger partial charge is 0.492 e. The van der Waals surface area contributed by atoms with Gasteiger partial charge in [-0.2, -0.15) is 0 Å². The van der Waals surface area contributed by atoms with Crippen molar-refractivity contribution in [3.63, 3.8) is 0 Å². The molecule has 30 heavy (non-hydrogen) atoms. The van der Waals surface area contributed by atoms with E-state index in [-0.39, 0.29) is 6.03 Å². The molecule has 0 aliphatic carbocycles. The minimum Gasteiger partial charge on any atom is -0.492 e. The molecule has 2 aliphatic rings. The lowest BCUT2D eigenvalue weighted by Gasteiger charge is -2.41. The predicted octanol–water partition coefficient (Wildman–Crippen LogP) is 4.45. The Hall–Kier alpha value is -2.57. The molecule has 162 valence electrons. The number of benzene rings is 1. The van der Waals surface area contributed by atoms with Gasteiger partial charge in [-0.1, -0.05) is 26.0 Å². The Balaban J connectivity index is 1.36. The zero-order chi connectivity index (χ0) is 21.1. The second-order valence-electron chi connectivity index (χ2n) is 8.88. The summed E-state index contributed by atoms with van der Waals surface area (Å²) in [5.41, 5.74) is 1.04. The highest BCUT2D eigenvalue weighted by Crippen LogP contribution is 2.42. The summed E-state index contributed by atoms with van der Waals surface area (Å²) in [6.07, 6.45) is 5.34. The molecule has 0 unspecified atom stereocenters. The number of rotatable bonds is 4. The average molecular weight is 412 g/mol. The van der Waals surface area contributed by atoms with E-state index in [9.17, 15) is 4.79 Å². The molecule has 1 aromatic carbocycles. The van der Waals surface area contributed by atoms with E-state index in [4.69, 9.17) is 4.74 Å². The van der Waals surface area contributed by atoms with Crippen molar-refractivity contribution in [2.75, 3.05) is 25.0 Å². The van der Waals surface area contributed by atoms with E-state index in [0.29, 0.717) is 17.9 Å². The molecule has 1 fully saturated rings. The normalized spacial score (nSPS) is 18.2. The smallest absolute Gasteiger partial charge is 0.321 e. The maximum Gasteiger partial charge on any atom is 0.321 e. The van der Waals surface area contributed by atoms with Crippen LogP contribution < -0.4 is 10.1 Å². The quantitative estimate of drug-likeness (QED) is 0.807. The van der Waals surface area contributed by atoms with Gasteiger partial charge in [0, 0.05) is 32.0 Å². The van der Waals surface area contributed by atoms with Gasteiger partial charge in [-0.25, -0.2) is 4.79 Å². The summed E-state index contributed by atoms with van der Waals surface area (Å²) in [6, 6.07) is 7.58. The number of nitrogens with one attached hydrogen (secondary N) is 1. The first-order valence-corrected chi connectivity index (χ1v) is 11.2. The number of carbonyl (C=O) groups is 1. The number of carbonyl (C=O) groups excluding carboxylic acids is 1. The Kier molecular flexibility index (Phi) is 5.97. The van der Waals surface area contributed by atoms with Crippen LogP contribution in [0.1, 0.15) is 64.0 Å². The standard InChI is InChI=1S/C23H33N5O2/c1-4-30-19-8-6-5-7-18(19)24-22(29)27-14-11-23(12-15-27)10-9-20-25-26-21(17(2)3)28(20)16-13-23/h5-8,17H,4,9-16H2,1-3H3,(H,24,29). The second kappa shape index (κ2) is 8.66. The summed E-state index contributed by atoms with van der Waals surface area (Å²) < 4.78 is 7.97. The number of likely N-dealkylation sites (tertiary alicyclic amines) is 1. The number of hydrogen-bond acceptors (Lipinski definition) is 4. The maximum atomic E-state index is 12.9. The molecule has 7 nitrogen and oxygen atoms in total. The molecule has 2 aliphatic heterocycles. The summed E-state index contributed by atoms with van der Waals surface area (Å²) in [5, 5.41) is 11.9. The van der Waals surface area contributed by atoms with E-state index in [2.05, 4.69) is 33.9 Å². The van der Waals surface area contributed by atoms with Crippen LogP contribution in [-0.4, -0.2) is 45.4 Å². The number of urea groups is 1. The Morgan fingerprint density at radius 3 is 2.60 bits per heavy atom. The van der Waals surface area contributed by atoms with Gasteiger partial charge in [-0.3, -0.25) is 0 Å². The maximum absolute atomic E-state index is 12.9. The molecule has 7 heteroatoms. The fourth-order valence-electron chi connectivity index (χ4n) is 4.79. The average Bonchev–Trinajstić information content (AvgIpc) is 3.08. The topological polar surface area (TPSA) is 72.3 Å². The third-order valence-electron chi connectivity index (χ3n) is 6.66. The lowest BCUT2D eigenvalue weighted by atomic mass is 9.73. The Morgan fingerprint density at radius 1 is 1.13 bits per heavy atom. The van der Waals surface area contributed by atoms with Gasteiger partial charge in [0.25, 0.3) is 0 Å². The van der Waals surface area contributed by atoms with Crippen LogP contribution >= 0.6 is 0 Å². The van der Waals surface area contributed by atoms with Gasteiger partial charge < -0.3 is 19.5 Å². The molecule has 0 radical (unpaired) electrons. The Labute approximate surface area is 178 Å². The van der Waals surface area contributed by atoms with Crippen molar-refractivity contribution in [1.82, 2.24) is 19.7 Å². The highest BCUT2D eigenvalue weighted by Gasteiger charge is 2.38. The second-order valence-corrected chi connectivity index (χ2v) is 8.88. The van der Waals surface area contributed by atoms with Gasteiger partial charge in [0.2, 0.25) is 0 Å². The molecule has 0 atom stereocenters. The first-order valence-electron chi connectivity index (χ1n) is 11.2. The first kappa shape index (κ1) is 20.7. The predicted molar refractivity (Wildman–Crippen MR) is 117 cm³/mol. The fourth-order valence-corrected chi connectivity index (χ4v) is 4.79. The van der Waals surface area contributed by atoms with Crippen molar-refractivity contribution < 1.29 is 9.53 Å². The number of anilines is 1. The molecule has 1 spiro atoms. The van der Waals surface area contributed by atoms with Crippen molar-refractivity contribution in [2.24, 2.45) is 5.41 Å². The summed E-state index contributed by atoms with van der Waals surface area (Å²) in [6.45, 7) is 9.45. The molecule has 2 aromatic rings. The number of hydrogen-bond donors (Lipinski definition) is 1. The van der Waals surface area contributed by atoms with E-state index < -0.39 is 0 Å². The first-order chi connectivity index (χ1) is 14.5. The van der Waals surface area contributed by atoms with Crippen molar-refractivity contribution >= 4 is 11.7 Å². The Bertz CT molecular complexity index is 883. The lowest BCUT2D eigenvalue weighted by Crippen LogP contribution is -2.45. The van der Waals surface area contributed by atoms with Crippen LogP contribution in [0.5, 0.6) is 5.75 Å². The number of aryl methyl sites for hydroxylation is 1. The van der Waals surface area contributed by atoms with Gasteiger partial charge in [0.05, 0.1) is 12.3 Å². The molecule has 3 heterocycles. The van der Waals surface area contributed by atoms with Gasteiger partial charge in [0.15, 0.2) is 0 Å². The molecule has 1 N–H and O–H groups in total. The number of para-hydroxylation sites is 2. The molecular formula is C23H33N5O2. The van der Waals surface area contributed by atoms with E-state index in [1.165, 1.54) is 0 Å². The zero-order valence-corrected chi connectivity index (χ0v) is 18.4. The van der Waals surface area contributed by atoms with Crippen LogP contribution in [-0.2, 0) is 13.0 Å². The zero-order valence-electron chi connectivity index (χ0n) is 18.4. The highest BCUT2D eigenvalue weighted by molar-refractivity contribution is 5.91. The summed E-state index contributed by atoms with van der Waals surface area (Å²) in [7, 11) is 0. The van der Waals surface area contributed by atoms with E-state index in [1.807, 2.05) is 36.1 Å². The SMILES string of the molecule is CCOc1ccccc1NC(=O)N1CCC2(CCc3nnc(C(C)C)n3CC2)CC1. The highest BCUT2D eigenvalue weighted by atomic mass is 16.5. The van der Waals surface area contributed by atoms with Crippen molar-refractivity contribution in [3.8, 4) is 5.75 Å². The summed E-state index contributed by atoms with van der Waals surface area (Å²) in [5.74, 6) is 3.34. The minimum atomic E-state index is -0.0372. The van der Waals surface area contributed by atoms with Gasteiger partial charge in [-0.05, 0) is 50.2 Å². The van der Waals surface area contributed by atoms with Crippen molar-refractivity contribution in [1.29, 1.82) is 0 Å². The third kappa shape index (κ3) is 4.16. The van der Waals surface area contributed by atoms with Crippen LogP contribution in [0.2, 0.25) is 0 Å². The van der Waals surface area contributed by atoms with Crippen LogP contribution in [0, 0.1) is 5.41 Å². The molecule has 4 rings (SSSR count). The number of nitrogens with zero attached hydrogens (tertiary/aromatic N) is 4. The van der Waals surface area contributed by atoms with Crippen LogP contribution in [0.25, 0.3) is 0 Å². The number of amides is 2. The Morgan fingerprint density at radius 2 is 1.87 bits per heavy atom. The molecular weight excluding hydrogens is 378 g/mol. The van der Waals surface area contributed by atoms with E-state index in [1.54, 1.807) is 0 Å². The number of aromatic nitrogens is 3. The molecule has 1 saturated heterocycles. The number of piperidine rings is 1. The van der Waals surface area contributed by atoms with Gasteiger partial charge >= 0.3 is 6.03 Å². The monoisotopic (exact) mass is 411 g/mol. The van der Waals surface area contributed by atoms with E-state index >= 15 is 0 Å².